The first kappa shape index (κ1) is 20.3. The lowest BCUT2D eigenvalue weighted by molar-refractivity contribution is 0.102. The van der Waals surface area contributed by atoms with Crippen LogP contribution in [0.3, 0.4) is 0 Å². The number of anilines is 1. The van der Waals surface area contributed by atoms with Crippen LogP contribution in [-0.4, -0.2) is 43.5 Å². The van der Waals surface area contributed by atoms with Crippen LogP contribution in [0.5, 0.6) is 0 Å². The van der Waals surface area contributed by atoms with E-state index in [1.165, 1.54) is 16.4 Å². The van der Waals surface area contributed by atoms with Gasteiger partial charge in [-0.25, -0.2) is 13.6 Å². The van der Waals surface area contributed by atoms with E-state index in [4.69, 9.17) is 5.73 Å². The summed E-state index contributed by atoms with van der Waals surface area (Å²) >= 11 is 0. The molecule has 30 heavy (non-hydrogen) atoms. The standard InChI is InChI=1S/C21H24FN5O2S/c1-13-6-9-17(24-12-13)19(28)25-14-7-8-16(22)15(11-14)21-10-4-5-18(21)30(3,29)27(2)20(23)26-21/h6-9,11-12,18H,3-5,10H2,1-2H3,(H2,23,26)(H,25,28)/t18?,21-,30?/m1/s1. The lowest BCUT2D eigenvalue weighted by Gasteiger charge is -2.42. The van der Waals surface area contributed by atoms with E-state index in [9.17, 15) is 9.00 Å². The number of nitrogens with two attached hydrogens (primary N) is 1. The fourth-order valence-corrected chi connectivity index (χ4v) is 6.48. The summed E-state index contributed by atoms with van der Waals surface area (Å²) in [7, 11) is -1.19. The van der Waals surface area contributed by atoms with Crippen molar-refractivity contribution < 1.29 is 13.4 Å². The van der Waals surface area contributed by atoms with Gasteiger partial charge in [0.1, 0.15) is 17.1 Å². The van der Waals surface area contributed by atoms with Crippen molar-refractivity contribution >= 4 is 33.1 Å². The smallest absolute Gasteiger partial charge is 0.274 e. The fourth-order valence-electron chi connectivity index (χ4n) is 4.30. The van der Waals surface area contributed by atoms with E-state index in [0.717, 1.165) is 12.0 Å². The number of guanidine groups is 1. The van der Waals surface area contributed by atoms with Crippen molar-refractivity contribution in [3.8, 4) is 0 Å². The summed E-state index contributed by atoms with van der Waals surface area (Å²) in [6, 6.07) is 7.74. The van der Waals surface area contributed by atoms with Gasteiger partial charge < -0.3 is 11.1 Å². The number of fused-ring (bicyclic) bond motifs is 1. The zero-order chi connectivity index (χ0) is 21.7. The fraction of sp³-hybridized carbons (Fsp3) is 0.333. The Bertz CT molecular complexity index is 1150. The molecule has 2 aromatic rings. The number of nitrogens with zero attached hydrogens (tertiary/aromatic N) is 3. The van der Waals surface area contributed by atoms with Gasteiger partial charge in [0.15, 0.2) is 0 Å². The molecule has 158 valence electrons. The van der Waals surface area contributed by atoms with E-state index in [1.807, 2.05) is 6.92 Å². The van der Waals surface area contributed by atoms with E-state index in [2.05, 4.69) is 21.2 Å². The van der Waals surface area contributed by atoms with Gasteiger partial charge in [-0.05, 0) is 61.9 Å². The predicted molar refractivity (Wildman–Crippen MR) is 117 cm³/mol. The Hall–Kier alpha value is -2.94. The minimum Gasteiger partial charge on any atom is -0.369 e. The third-order valence-corrected chi connectivity index (χ3v) is 8.57. The molecule has 0 radical (unpaired) electrons. The van der Waals surface area contributed by atoms with Crippen LogP contribution >= 0.6 is 0 Å². The van der Waals surface area contributed by atoms with E-state index in [-0.39, 0.29) is 17.2 Å². The Morgan fingerprint density at radius 3 is 2.87 bits per heavy atom. The van der Waals surface area contributed by atoms with Gasteiger partial charge in [0, 0.05) is 24.5 Å². The summed E-state index contributed by atoms with van der Waals surface area (Å²) in [6.07, 6.45) is 3.44. The number of aliphatic imine (C=N–C) groups is 1. The SMILES string of the molecule is C=S1(=O)C2CCC[C@]2(c2cc(NC(=O)c3ccc(C)cn3)ccc2F)N=C(N)N1C. The molecule has 1 aromatic carbocycles. The molecule has 1 aliphatic carbocycles. The van der Waals surface area contributed by atoms with Crippen molar-refractivity contribution in [2.45, 2.75) is 37.0 Å². The van der Waals surface area contributed by atoms with Gasteiger partial charge in [0.2, 0.25) is 5.96 Å². The molecule has 0 spiro atoms. The third-order valence-electron chi connectivity index (χ3n) is 5.94. The maximum absolute atomic E-state index is 15.0. The van der Waals surface area contributed by atoms with Crippen LogP contribution in [0.15, 0.2) is 41.5 Å². The number of aromatic nitrogens is 1. The molecule has 3 N–H and O–H groups in total. The summed E-state index contributed by atoms with van der Waals surface area (Å²) in [6.45, 7) is 1.88. The van der Waals surface area contributed by atoms with E-state index >= 15 is 4.39 Å². The molecule has 1 fully saturated rings. The molecule has 0 bridgehead atoms. The van der Waals surface area contributed by atoms with Crippen LogP contribution in [0.2, 0.25) is 0 Å². The Morgan fingerprint density at radius 1 is 1.40 bits per heavy atom. The molecule has 1 aliphatic heterocycles. The lowest BCUT2D eigenvalue weighted by atomic mass is 9.87. The van der Waals surface area contributed by atoms with Crippen LogP contribution in [0.25, 0.3) is 0 Å². The number of pyridine rings is 1. The van der Waals surface area contributed by atoms with Gasteiger partial charge in [-0.3, -0.25) is 14.1 Å². The second-order valence-corrected chi connectivity index (χ2v) is 10.3. The number of amides is 1. The van der Waals surface area contributed by atoms with Gasteiger partial charge in [0.25, 0.3) is 5.91 Å². The van der Waals surface area contributed by atoms with E-state index in [1.54, 1.807) is 31.4 Å². The van der Waals surface area contributed by atoms with Crippen molar-refractivity contribution in [2.75, 3.05) is 12.4 Å². The van der Waals surface area contributed by atoms with Crippen LogP contribution < -0.4 is 11.1 Å². The number of nitrogens with one attached hydrogen (secondary N) is 1. The molecule has 4 rings (SSSR count). The van der Waals surface area contributed by atoms with Crippen molar-refractivity contribution in [3.05, 3.63) is 59.2 Å². The highest BCUT2D eigenvalue weighted by Gasteiger charge is 2.54. The Morgan fingerprint density at radius 2 is 2.17 bits per heavy atom. The number of benzene rings is 1. The molecule has 2 heterocycles. The number of hydrogen-bond acceptors (Lipinski definition) is 5. The molecule has 1 saturated carbocycles. The first-order valence-corrected chi connectivity index (χ1v) is 11.4. The summed E-state index contributed by atoms with van der Waals surface area (Å²) in [5, 5.41) is 2.29. The normalized spacial score (nSPS) is 28.0. The molecule has 2 unspecified atom stereocenters. The summed E-state index contributed by atoms with van der Waals surface area (Å²) in [5.74, 6) is 3.10. The molecular weight excluding hydrogens is 405 g/mol. The summed E-state index contributed by atoms with van der Waals surface area (Å²) < 4.78 is 29.8. The zero-order valence-electron chi connectivity index (χ0n) is 16.9. The average Bonchev–Trinajstić information content (AvgIpc) is 3.14. The molecule has 7 nitrogen and oxygen atoms in total. The van der Waals surface area contributed by atoms with Gasteiger partial charge >= 0.3 is 0 Å². The van der Waals surface area contributed by atoms with Crippen LogP contribution in [0, 0.1) is 12.7 Å². The highest BCUT2D eigenvalue weighted by atomic mass is 32.2. The topological polar surface area (TPSA) is 101 Å². The largest absolute Gasteiger partial charge is 0.369 e. The summed E-state index contributed by atoms with van der Waals surface area (Å²) in [4.78, 5) is 21.3. The maximum Gasteiger partial charge on any atom is 0.274 e. The van der Waals surface area contributed by atoms with Gasteiger partial charge in [-0.15, -0.1) is 0 Å². The lowest BCUT2D eigenvalue weighted by Crippen LogP contribution is -2.55. The number of halogens is 1. The second kappa shape index (κ2) is 7.09. The zero-order valence-corrected chi connectivity index (χ0v) is 17.7. The molecule has 0 saturated heterocycles. The van der Waals surface area contributed by atoms with Crippen molar-refractivity contribution in [2.24, 2.45) is 10.7 Å². The minimum atomic E-state index is -2.78. The van der Waals surface area contributed by atoms with Crippen LogP contribution in [-0.2, 0) is 15.2 Å². The Kier molecular flexibility index (Phi) is 4.80. The highest BCUT2D eigenvalue weighted by molar-refractivity contribution is 7.99. The monoisotopic (exact) mass is 429 g/mol. The molecular formula is C21H24FN5O2S. The summed E-state index contributed by atoms with van der Waals surface area (Å²) in [5.41, 5.74) is 6.85. The quantitative estimate of drug-likeness (QED) is 0.732. The molecule has 3 atom stereocenters. The van der Waals surface area contributed by atoms with E-state index < -0.39 is 32.2 Å². The third kappa shape index (κ3) is 3.13. The Balaban J connectivity index is 1.75. The van der Waals surface area contributed by atoms with Crippen molar-refractivity contribution in [1.82, 2.24) is 9.29 Å². The van der Waals surface area contributed by atoms with Crippen molar-refractivity contribution in [1.29, 1.82) is 0 Å². The molecule has 1 aromatic heterocycles. The van der Waals surface area contributed by atoms with Crippen LogP contribution in [0.1, 0.15) is 40.9 Å². The van der Waals surface area contributed by atoms with Gasteiger partial charge in [0.05, 0.1) is 15.0 Å². The number of rotatable bonds is 3. The van der Waals surface area contributed by atoms with Crippen molar-refractivity contribution in [3.63, 3.8) is 0 Å². The Labute approximate surface area is 175 Å². The number of aryl methyl sites for hydroxylation is 1. The predicted octanol–water partition coefficient (Wildman–Crippen LogP) is 2.42. The number of hydrogen-bond donors (Lipinski definition) is 2. The number of carbonyl (C=O) groups excluding carboxylic acids is 1. The minimum absolute atomic E-state index is 0.0749. The highest BCUT2D eigenvalue weighted by Crippen LogP contribution is 2.49. The van der Waals surface area contributed by atoms with Crippen LogP contribution in [0.4, 0.5) is 10.1 Å². The van der Waals surface area contributed by atoms with Gasteiger partial charge in [-0.2, -0.15) is 0 Å². The first-order valence-electron chi connectivity index (χ1n) is 9.64. The van der Waals surface area contributed by atoms with Gasteiger partial charge in [-0.1, -0.05) is 6.07 Å². The first-order chi connectivity index (χ1) is 14.1. The second-order valence-electron chi connectivity index (χ2n) is 7.83. The maximum atomic E-state index is 15.0. The molecule has 1 amide bonds. The van der Waals surface area contributed by atoms with E-state index in [0.29, 0.717) is 18.5 Å². The average molecular weight is 430 g/mol. The molecule has 9 heteroatoms. The number of carbonyl (C=O) groups is 1. The molecule has 2 aliphatic rings.